The van der Waals surface area contributed by atoms with E-state index in [1.54, 1.807) is 6.92 Å². The lowest BCUT2D eigenvalue weighted by molar-refractivity contribution is -0.0609. The van der Waals surface area contributed by atoms with Crippen molar-refractivity contribution < 1.29 is 9.90 Å². The zero-order valence-electron chi connectivity index (χ0n) is 12.1. The Balaban J connectivity index is 1.79. The fraction of sp³-hybridized carbons (Fsp3) is 0.786. The zero-order valence-corrected chi connectivity index (χ0v) is 12.1. The summed E-state index contributed by atoms with van der Waals surface area (Å²) in [6.45, 7) is 5.19. The molecular weight excluding hydrogens is 256 g/mol. The SMILES string of the molecule is CC[C@@]1(O)CCC[C@@H]2CN(C(=O)c3n[nH]nc3C)C[C@@H]21. The van der Waals surface area contributed by atoms with Crippen molar-refractivity contribution in [2.75, 3.05) is 13.1 Å². The zero-order chi connectivity index (χ0) is 14.3. The Bertz CT molecular complexity index is 515. The molecule has 2 N–H and O–H groups in total. The molecule has 2 heterocycles. The van der Waals surface area contributed by atoms with Gasteiger partial charge in [0.15, 0.2) is 5.69 Å². The number of carbonyl (C=O) groups is 1. The van der Waals surface area contributed by atoms with Crippen LogP contribution in [0, 0.1) is 18.8 Å². The van der Waals surface area contributed by atoms with Crippen molar-refractivity contribution >= 4 is 5.91 Å². The van der Waals surface area contributed by atoms with Crippen LogP contribution in [0.1, 0.15) is 48.8 Å². The summed E-state index contributed by atoms with van der Waals surface area (Å²) in [7, 11) is 0. The van der Waals surface area contributed by atoms with E-state index < -0.39 is 5.60 Å². The molecule has 1 amide bonds. The number of nitrogens with one attached hydrogen (secondary N) is 1. The molecule has 1 saturated heterocycles. The van der Waals surface area contributed by atoms with Gasteiger partial charge >= 0.3 is 0 Å². The fourth-order valence-electron chi connectivity index (χ4n) is 3.87. The van der Waals surface area contributed by atoms with E-state index in [0.29, 0.717) is 23.9 Å². The molecule has 2 aliphatic rings. The van der Waals surface area contributed by atoms with E-state index in [-0.39, 0.29) is 11.8 Å². The quantitative estimate of drug-likeness (QED) is 0.849. The number of fused-ring (bicyclic) bond motifs is 1. The molecule has 6 nitrogen and oxygen atoms in total. The number of aromatic amines is 1. The second-order valence-electron chi connectivity index (χ2n) is 6.18. The summed E-state index contributed by atoms with van der Waals surface area (Å²) >= 11 is 0. The van der Waals surface area contributed by atoms with Crippen LogP contribution in [0.4, 0.5) is 0 Å². The minimum absolute atomic E-state index is 0.0656. The number of likely N-dealkylation sites (tertiary alicyclic amines) is 1. The van der Waals surface area contributed by atoms with Crippen molar-refractivity contribution in [1.82, 2.24) is 20.3 Å². The van der Waals surface area contributed by atoms with Gasteiger partial charge in [0.25, 0.3) is 5.91 Å². The monoisotopic (exact) mass is 278 g/mol. The van der Waals surface area contributed by atoms with Crippen molar-refractivity contribution in [2.24, 2.45) is 11.8 Å². The highest BCUT2D eigenvalue weighted by Crippen LogP contribution is 2.44. The Kier molecular flexibility index (Phi) is 3.28. The lowest BCUT2D eigenvalue weighted by atomic mass is 9.69. The van der Waals surface area contributed by atoms with Crippen LogP contribution in [0.25, 0.3) is 0 Å². The van der Waals surface area contributed by atoms with E-state index in [4.69, 9.17) is 0 Å². The lowest BCUT2D eigenvalue weighted by Gasteiger charge is -2.40. The molecule has 110 valence electrons. The lowest BCUT2D eigenvalue weighted by Crippen LogP contribution is -2.44. The van der Waals surface area contributed by atoms with E-state index in [1.165, 1.54) is 0 Å². The third-order valence-electron chi connectivity index (χ3n) is 5.14. The van der Waals surface area contributed by atoms with E-state index in [9.17, 15) is 9.90 Å². The molecule has 1 saturated carbocycles. The summed E-state index contributed by atoms with van der Waals surface area (Å²) in [5.74, 6) is 0.561. The molecule has 1 aliphatic carbocycles. The minimum Gasteiger partial charge on any atom is -0.390 e. The van der Waals surface area contributed by atoms with Gasteiger partial charge in [-0.25, -0.2) is 0 Å². The molecule has 0 bridgehead atoms. The summed E-state index contributed by atoms with van der Waals surface area (Å²) in [6.07, 6.45) is 3.78. The third kappa shape index (κ3) is 2.02. The van der Waals surface area contributed by atoms with Gasteiger partial charge in [-0.05, 0) is 32.1 Å². The molecule has 0 spiro atoms. The predicted molar refractivity (Wildman–Crippen MR) is 73.1 cm³/mol. The molecule has 1 aromatic rings. The second-order valence-corrected chi connectivity index (χ2v) is 6.18. The number of hydrogen-bond acceptors (Lipinski definition) is 4. The Hall–Kier alpha value is -1.43. The number of aryl methyl sites for hydroxylation is 1. The van der Waals surface area contributed by atoms with Crippen LogP contribution in [0.15, 0.2) is 0 Å². The molecule has 6 heteroatoms. The molecule has 0 unspecified atom stereocenters. The third-order valence-corrected chi connectivity index (χ3v) is 5.14. The number of H-pyrrole nitrogens is 1. The van der Waals surface area contributed by atoms with Crippen LogP contribution < -0.4 is 0 Å². The maximum absolute atomic E-state index is 12.5. The minimum atomic E-state index is -0.600. The Labute approximate surface area is 118 Å². The average molecular weight is 278 g/mol. The number of carbonyl (C=O) groups excluding carboxylic acids is 1. The first-order valence-electron chi connectivity index (χ1n) is 7.44. The first kappa shape index (κ1) is 13.5. The first-order valence-corrected chi connectivity index (χ1v) is 7.44. The molecule has 3 atom stereocenters. The fourth-order valence-corrected chi connectivity index (χ4v) is 3.87. The van der Waals surface area contributed by atoms with Crippen LogP contribution in [0.5, 0.6) is 0 Å². The largest absolute Gasteiger partial charge is 0.390 e. The number of amides is 1. The summed E-state index contributed by atoms with van der Waals surface area (Å²) in [5, 5.41) is 21.1. The maximum Gasteiger partial charge on any atom is 0.276 e. The van der Waals surface area contributed by atoms with Gasteiger partial charge in [-0.15, -0.1) is 0 Å². The molecule has 0 radical (unpaired) electrons. The summed E-state index contributed by atoms with van der Waals surface area (Å²) in [5.41, 5.74) is 0.441. The highest BCUT2D eigenvalue weighted by molar-refractivity contribution is 5.93. The molecule has 1 aromatic heterocycles. The number of aliphatic hydroxyl groups is 1. The maximum atomic E-state index is 12.5. The van der Waals surface area contributed by atoms with Gasteiger partial charge < -0.3 is 10.0 Å². The smallest absolute Gasteiger partial charge is 0.276 e. The summed E-state index contributed by atoms with van der Waals surface area (Å²) < 4.78 is 0. The number of nitrogens with zero attached hydrogens (tertiary/aromatic N) is 3. The first-order chi connectivity index (χ1) is 9.55. The van der Waals surface area contributed by atoms with Gasteiger partial charge in [0, 0.05) is 19.0 Å². The van der Waals surface area contributed by atoms with Crippen molar-refractivity contribution in [3.63, 3.8) is 0 Å². The number of hydrogen-bond donors (Lipinski definition) is 2. The van der Waals surface area contributed by atoms with Crippen molar-refractivity contribution in [1.29, 1.82) is 0 Å². The van der Waals surface area contributed by atoms with Gasteiger partial charge in [0.05, 0.1) is 11.3 Å². The van der Waals surface area contributed by atoms with E-state index >= 15 is 0 Å². The van der Waals surface area contributed by atoms with Crippen molar-refractivity contribution in [2.45, 2.75) is 45.1 Å². The van der Waals surface area contributed by atoms with Gasteiger partial charge in [-0.3, -0.25) is 4.79 Å². The van der Waals surface area contributed by atoms with E-state index in [1.807, 2.05) is 11.8 Å². The van der Waals surface area contributed by atoms with Gasteiger partial charge in [0.1, 0.15) is 0 Å². The van der Waals surface area contributed by atoms with E-state index in [0.717, 1.165) is 32.2 Å². The Morgan fingerprint density at radius 1 is 1.50 bits per heavy atom. The van der Waals surface area contributed by atoms with E-state index in [2.05, 4.69) is 15.4 Å². The number of rotatable bonds is 2. The van der Waals surface area contributed by atoms with Crippen LogP contribution >= 0.6 is 0 Å². The molecule has 3 rings (SSSR count). The van der Waals surface area contributed by atoms with Gasteiger partial charge in [0.2, 0.25) is 0 Å². The standard InChI is InChI=1S/C14H22N4O2/c1-3-14(20)6-4-5-10-7-18(8-11(10)14)13(19)12-9(2)15-17-16-12/h10-11,20H,3-8H2,1-2H3,(H,15,16,17)/t10-,11+,14-/m1/s1. The normalized spacial score (nSPS) is 33.2. The second kappa shape index (κ2) is 4.84. The molecular formula is C14H22N4O2. The number of aromatic nitrogens is 3. The molecule has 20 heavy (non-hydrogen) atoms. The van der Waals surface area contributed by atoms with Crippen molar-refractivity contribution in [3.05, 3.63) is 11.4 Å². The highest BCUT2D eigenvalue weighted by atomic mass is 16.3. The molecule has 1 aliphatic heterocycles. The highest BCUT2D eigenvalue weighted by Gasteiger charge is 2.49. The van der Waals surface area contributed by atoms with Crippen LogP contribution in [0.3, 0.4) is 0 Å². The van der Waals surface area contributed by atoms with Gasteiger partial charge in [-0.1, -0.05) is 13.3 Å². The van der Waals surface area contributed by atoms with Crippen LogP contribution in [-0.4, -0.2) is 50.0 Å². The summed E-state index contributed by atoms with van der Waals surface area (Å²) in [4.78, 5) is 14.3. The Morgan fingerprint density at radius 3 is 2.95 bits per heavy atom. The topological polar surface area (TPSA) is 82.1 Å². The average Bonchev–Trinajstić information content (AvgIpc) is 3.05. The van der Waals surface area contributed by atoms with Crippen LogP contribution in [-0.2, 0) is 0 Å². The predicted octanol–water partition coefficient (Wildman–Crippen LogP) is 1.13. The van der Waals surface area contributed by atoms with Crippen molar-refractivity contribution in [3.8, 4) is 0 Å². The Morgan fingerprint density at radius 2 is 2.30 bits per heavy atom. The summed E-state index contributed by atoms with van der Waals surface area (Å²) in [6, 6.07) is 0. The van der Waals surface area contributed by atoms with Crippen LogP contribution in [0.2, 0.25) is 0 Å². The molecule has 2 fully saturated rings. The molecule has 0 aromatic carbocycles. The van der Waals surface area contributed by atoms with Gasteiger partial charge in [-0.2, -0.15) is 15.4 Å².